The van der Waals surface area contributed by atoms with E-state index in [1.807, 2.05) is 32.0 Å². The first-order valence-electron chi connectivity index (χ1n) is 9.02. The molecule has 152 valence electrons. The summed E-state index contributed by atoms with van der Waals surface area (Å²) in [6.45, 7) is 3.65. The van der Waals surface area contributed by atoms with E-state index in [1.54, 1.807) is 12.1 Å². The zero-order chi connectivity index (χ0) is 20.7. The molecule has 0 unspecified atom stereocenters. The minimum absolute atomic E-state index is 0.0338. The van der Waals surface area contributed by atoms with Crippen molar-refractivity contribution in [3.8, 4) is 0 Å². The van der Waals surface area contributed by atoms with Crippen molar-refractivity contribution in [2.75, 3.05) is 6.54 Å². The lowest BCUT2D eigenvalue weighted by atomic mass is 10.2. The van der Waals surface area contributed by atoms with E-state index in [0.29, 0.717) is 0 Å². The van der Waals surface area contributed by atoms with Gasteiger partial charge in [-0.05, 0) is 37.1 Å². The molecule has 0 bridgehead atoms. The second kappa shape index (κ2) is 10.3. The van der Waals surface area contributed by atoms with Crippen LogP contribution in [0.15, 0.2) is 53.4 Å². The highest BCUT2D eigenvalue weighted by atomic mass is 35.5. The lowest BCUT2D eigenvalue weighted by Crippen LogP contribution is -2.43. The molecule has 5 nitrogen and oxygen atoms in total. The fraction of sp³-hybridized carbons (Fsp3) is 0.350. The standard InChI is InChI=1S/C20H24Cl2N2O3S/c1-3-7-15(2)23-20(25)14-24(13-16-8-5-4-6-9-16)28(26,27)19-12-17(21)10-11-18(19)22/h4-6,8-12,15H,3,7,13-14H2,1-2H3,(H,23,25)/t15-/m0/s1. The summed E-state index contributed by atoms with van der Waals surface area (Å²) in [4.78, 5) is 12.4. The Kier molecular flexibility index (Phi) is 8.31. The van der Waals surface area contributed by atoms with Gasteiger partial charge in [-0.2, -0.15) is 4.31 Å². The quantitative estimate of drug-likeness (QED) is 0.621. The summed E-state index contributed by atoms with van der Waals surface area (Å²) in [6, 6.07) is 13.3. The largest absolute Gasteiger partial charge is 0.353 e. The first kappa shape index (κ1) is 22.7. The third kappa shape index (κ3) is 6.21. The molecule has 2 rings (SSSR count). The van der Waals surface area contributed by atoms with Crippen LogP contribution in [0.25, 0.3) is 0 Å². The molecule has 0 heterocycles. The predicted octanol–water partition coefficient (Wildman–Crippen LogP) is 4.49. The van der Waals surface area contributed by atoms with Gasteiger partial charge in [-0.25, -0.2) is 8.42 Å². The molecule has 1 N–H and O–H groups in total. The van der Waals surface area contributed by atoms with Gasteiger partial charge in [0.25, 0.3) is 0 Å². The number of hydrogen-bond donors (Lipinski definition) is 1. The summed E-state index contributed by atoms with van der Waals surface area (Å²) in [6.07, 6.45) is 1.74. The van der Waals surface area contributed by atoms with Crippen LogP contribution in [-0.2, 0) is 21.4 Å². The zero-order valence-electron chi connectivity index (χ0n) is 15.9. The van der Waals surface area contributed by atoms with Crippen LogP contribution in [0.4, 0.5) is 0 Å². The average molecular weight is 443 g/mol. The molecule has 1 atom stereocenters. The maximum absolute atomic E-state index is 13.3. The van der Waals surface area contributed by atoms with Crippen LogP contribution in [0.2, 0.25) is 10.0 Å². The van der Waals surface area contributed by atoms with Crippen LogP contribution in [0.1, 0.15) is 32.3 Å². The number of hydrogen-bond acceptors (Lipinski definition) is 3. The Bertz CT molecular complexity index is 905. The van der Waals surface area contributed by atoms with Crippen molar-refractivity contribution < 1.29 is 13.2 Å². The van der Waals surface area contributed by atoms with Gasteiger partial charge in [0.1, 0.15) is 4.90 Å². The Balaban J connectivity index is 2.34. The summed E-state index contributed by atoms with van der Waals surface area (Å²) < 4.78 is 27.6. The average Bonchev–Trinajstić information content (AvgIpc) is 2.64. The Morgan fingerprint density at radius 2 is 1.82 bits per heavy atom. The smallest absolute Gasteiger partial charge is 0.245 e. The summed E-state index contributed by atoms with van der Waals surface area (Å²) >= 11 is 12.1. The molecule has 0 radical (unpaired) electrons. The Morgan fingerprint density at radius 1 is 1.14 bits per heavy atom. The molecule has 1 amide bonds. The highest BCUT2D eigenvalue weighted by Crippen LogP contribution is 2.28. The van der Waals surface area contributed by atoms with Crippen LogP contribution in [0, 0.1) is 0 Å². The van der Waals surface area contributed by atoms with Crippen molar-refractivity contribution in [3.05, 3.63) is 64.1 Å². The minimum atomic E-state index is -4.04. The van der Waals surface area contributed by atoms with E-state index >= 15 is 0 Å². The molecule has 0 fully saturated rings. The second-order valence-electron chi connectivity index (χ2n) is 6.59. The highest BCUT2D eigenvalue weighted by molar-refractivity contribution is 7.89. The van der Waals surface area contributed by atoms with Gasteiger partial charge in [-0.1, -0.05) is 66.9 Å². The van der Waals surface area contributed by atoms with Gasteiger partial charge >= 0.3 is 0 Å². The van der Waals surface area contributed by atoms with E-state index in [9.17, 15) is 13.2 Å². The number of nitrogens with one attached hydrogen (secondary N) is 1. The van der Waals surface area contributed by atoms with Gasteiger partial charge < -0.3 is 5.32 Å². The van der Waals surface area contributed by atoms with E-state index in [-0.39, 0.29) is 40.0 Å². The van der Waals surface area contributed by atoms with Crippen molar-refractivity contribution in [1.82, 2.24) is 9.62 Å². The molecule has 0 spiro atoms. The topological polar surface area (TPSA) is 66.5 Å². The van der Waals surface area contributed by atoms with Gasteiger partial charge in [-0.3, -0.25) is 4.79 Å². The number of halogens is 2. The van der Waals surface area contributed by atoms with E-state index < -0.39 is 10.0 Å². The van der Waals surface area contributed by atoms with Crippen molar-refractivity contribution in [3.63, 3.8) is 0 Å². The van der Waals surface area contributed by atoms with Crippen LogP contribution < -0.4 is 5.32 Å². The third-order valence-electron chi connectivity index (χ3n) is 4.16. The van der Waals surface area contributed by atoms with Crippen LogP contribution >= 0.6 is 23.2 Å². The van der Waals surface area contributed by atoms with Gasteiger partial charge in [0.2, 0.25) is 15.9 Å². The summed E-state index contributed by atoms with van der Waals surface area (Å²) in [5.41, 5.74) is 0.763. The van der Waals surface area contributed by atoms with Gasteiger partial charge in [0, 0.05) is 17.6 Å². The molecule has 8 heteroatoms. The van der Waals surface area contributed by atoms with Crippen molar-refractivity contribution in [2.24, 2.45) is 0 Å². The van der Waals surface area contributed by atoms with Gasteiger partial charge in [0.15, 0.2) is 0 Å². The van der Waals surface area contributed by atoms with Gasteiger partial charge in [-0.15, -0.1) is 0 Å². The first-order chi connectivity index (χ1) is 13.2. The summed E-state index contributed by atoms with van der Waals surface area (Å²) in [7, 11) is -4.04. The SMILES string of the molecule is CCC[C@H](C)NC(=O)CN(Cc1ccccc1)S(=O)(=O)c1cc(Cl)ccc1Cl. The predicted molar refractivity (Wildman–Crippen MR) is 113 cm³/mol. The first-order valence-corrected chi connectivity index (χ1v) is 11.2. The van der Waals surface area contributed by atoms with E-state index in [1.165, 1.54) is 18.2 Å². The molecular weight excluding hydrogens is 419 g/mol. The Labute approximate surface area is 176 Å². The van der Waals surface area contributed by atoms with Crippen molar-refractivity contribution in [1.29, 1.82) is 0 Å². The minimum Gasteiger partial charge on any atom is -0.353 e. The van der Waals surface area contributed by atoms with E-state index in [4.69, 9.17) is 23.2 Å². The monoisotopic (exact) mass is 442 g/mol. The number of benzene rings is 2. The maximum atomic E-state index is 13.3. The number of carbonyl (C=O) groups excluding carboxylic acids is 1. The molecular formula is C20H24Cl2N2O3S. The summed E-state index contributed by atoms with van der Waals surface area (Å²) in [5.74, 6) is -0.362. The Hall–Kier alpha value is -1.60. The lowest BCUT2D eigenvalue weighted by Gasteiger charge is -2.23. The molecule has 0 aromatic heterocycles. The number of nitrogens with zero attached hydrogens (tertiary/aromatic N) is 1. The second-order valence-corrected chi connectivity index (χ2v) is 9.34. The third-order valence-corrected chi connectivity index (χ3v) is 6.67. The van der Waals surface area contributed by atoms with Crippen molar-refractivity contribution in [2.45, 2.75) is 44.2 Å². The molecule has 0 saturated carbocycles. The molecule has 0 aliphatic rings. The number of carbonyl (C=O) groups is 1. The molecule has 2 aromatic carbocycles. The van der Waals surface area contributed by atoms with Gasteiger partial charge in [0.05, 0.1) is 11.6 Å². The molecule has 28 heavy (non-hydrogen) atoms. The molecule has 2 aromatic rings. The number of sulfonamides is 1. The number of rotatable bonds is 9. The fourth-order valence-corrected chi connectivity index (χ4v) is 4.93. The lowest BCUT2D eigenvalue weighted by molar-refractivity contribution is -0.122. The van der Waals surface area contributed by atoms with E-state index in [0.717, 1.165) is 22.7 Å². The normalized spacial score (nSPS) is 12.8. The Morgan fingerprint density at radius 3 is 2.46 bits per heavy atom. The maximum Gasteiger partial charge on any atom is 0.245 e. The highest BCUT2D eigenvalue weighted by Gasteiger charge is 2.29. The zero-order valence-corrected chi connectivity index (χ0v) is 18.2. The van der Waals surface area contributed by atoms with Crippen LogP contribution in [0.5, 0.6) is 0 Å². The molecule has 0 saturated heterocycles. The summed E-state index contributed by atoms with van der Waals surface area (Å²) in [5, 5.41) is 3.15. The number of amides is 1. The fourth-order valence-electron chi connectivity index (χ4n) is 2.81. The van der Waals surface area contributed by atoms with Crippen molar-refractivity contribution >= 4 is 39.1 Å². The van der Waals surface area contributed by atoms with E-state index in [2.05, 4.69) is 5.32 Å². The molecule has 0 aliphatic carbocycles. The molecule has 0 aliphatic heterocycles. The van der Waals surface area contributed by atoms with Crippen LogP contribution in [-0.4, -0.2) is 31.2 Å². The van der Waals surface area contributed by atoms with Crippen LogP contribution in [0.3, 0.4) is 0 Å².